The molecule has 1 aromatic carbocycles. The fourth-order valence-electron chi connectivity index (χ4n) is 1.26. The molecule has 1 aromatic rings. The molecule has 6 nitrogen and oxygen atoms in total. The number of nitrogens with two attached hydrogens (primary N) is 1. The van der Waals surface area contributed by atoms with E-state index in [2.05, 4.69) is 9.44 Å². The maximum Gasteiger partial charge on any atom is 0.277 e. The minimum Gasteiger partial charge on any atom is -0.492 e. The van der Waals surface area contributed by atoms with Crippen molar-refractivity contribution in [3.05, 3.63) is 24.3 Å². The van der Waals surface area contributed by atoms with Gasteiger partial charge in [0.25, 0.3) is 10.2 Å². The van der Waals surface area contributed by atoms with Crippen LogP contribution in [-0.4, -0.2) is 27.6 Å². The molecule has 102 valence electrons. The highest BCUT2D eigenvalue weighted by molar-refractivity contribution is 7.87. The molecule has 1 rings (SSSR count). The van der Waals surface area contributed by atoms with E-state index in [-0.39, 0.29) is 19.2 Å². The molecule has 0 aliphatic heterocycles. The number of rotatable bonds is 7. The third-order valence-electron chi connectivity index (χ3n) is 1.93. The summed E-state index contributed by atoms with van der Waals surface area (Å²) >= 11 is 0. The van der Waals surface area contributed by atoms with Crippen molar-refractivity contribution in [1.29, 1.82) is 0 Å². The van der Waals surface area contributed by atoms with Gasteiger partial charge in [0.2, 0.25) is 0 Å². The maximum absolute atomic E-state index is 11.4. The number of nitrogen functional groups attached to an aromatic ring is 1. The Morgan fingerprint density at radius 2 is 1.89 bits per heavy atom. The lowest BCUT2D eigenvalue weighted by atomic mass is 10.3. The first-order valence-electron chi connectivity index (χ1n) is 5.64. The SMILES string of the molecule is CC(C)NS(=O)(=O)NCCOc1ccc(N)cc1. The molecule has 0 unspecified atom stereocenters. The van der Waals surface area contributed by atoms with Crippen molar-refractivity contribution in [2.24, 2.45) is 0 Å². The summed E-state index contributed by atoms with van der Waals surface area (Å²) in [6, 6.07) is 6.77. The summed E-state index contributed by atoms with van der Waals surface area (Å²) in [7, 11) is -3.44. The van der Waals surface area contributed by atoms with Gasteiger partial charge in [0, 0.05) is 18.3 Å². The van der Waals surface area contributed by atoms with E-state index in [1.165, 1.54) is 0 Å². The van der Waals surface area contributed by atoms with Crippen molar-refractivity contribution in [2.45, 2.75) is 19.9 Å². The zero-order valence-electron chi connectivity index (χ0n) is 10.5. The van der Waals surface area contributed by atoms with Crippen LogP contribution in [0.5, 0.6) is 5.75 Å². The van der Waals surface area contributed by atoms with Crippen LogP contribution in [0.2, 0.25) is 0 Å². The number of ether oxygens (including phenoxy) is 1. The first kappa shape index (κ1) is 14.7. The predicted molar refractivity (Wildman–Crippen MR) is 71.5 cm³/mol. The van der Waals surface area contributed by atoms with E-state index >= 15 is 0 Å². The van der Waals surface area contributed by atoms with Crippen molar-refractivity contribution in [3.8, 4) is 5.75 Å². The van der Waals surface area contributed by atoms with Gasteiger partial charge < -0.3 is 10.5 Å². The van der Waals surface area contributed by atoms with E-state index in [0.717, 1.165) is 0 Å². The topological polar surface area (TPSA) is 93.5 Å². The first-order chi connectivity index (χ1) is 8.39. The fraction of sp³-hybridized carbons (Fsp3) is 0.455. The Bertz CT molecular complexity index is 457. The van der Waals surface area contributed by atoms with Crippen molar-refractivity contribution < 1.29 is 13.2 Å². The number of nitrogens with one attached hydrogen (secondary N) is 2. The molecule has 0 atom stereocenters. The Labute approximate surface area is 108 Å². The van der Waals surface area contributed by atoms with Crippen LogP contribution in [0, 0.1) is 0 Å². The summed E-state index contributed by atoms with van der Waals surface area (Å²) < 4.78 is 33.0. The summed E-state index contributed by atoms with van der Waals surface area (Å²) in [4.78, 5) is 0. The van der Waals surface area contributed by atoms with E-state index in [4.69, 9.17) is 10.5 Å². The Balaban J connectivity index is 2.28. The Morgan fingerprint density at radius 1 is 1.28 bits per heavy atom. The largest absolute Gasteiger partial charge is 0.492 e. The molecule has 0 radical (unpaired) electrons. The number of anilines is 1. The normalized spacial score (nSPS) is 11.7. The Hall–Kier alpha value is -1.31. The lowest BCUT2D eigenvalue weighted by Gasteiger charge is -2.11. The highest BCUT2D eigenvalue weighted by atomic mass is 32.2. The van der Waals surface area contributed by atoms with Crippen LogP contribution in [0.25, 0.3) is 0 Å². The minimum absolute atomic E-state index is 0.138. The van der Waals surface area contributed by atoms with Crippen LogP contribution in [0.4, 0.5) is 5.69 Å². The average Bonchev–Trinajstić information content (AvgIpc) is 2.25. The second kappa shape index (κ2) is 6.58. The van der Waals surface area contributed by atoms with Gasteiger partial charge in [0.15, 0.2) is 0 Å². The molecule has 0 amide bonds. The zero-order chi connectivity index (χ0) is 13.6. The smallest absolute Gasteiger partial charge is 0.277 e. The van der Waals surface area contributed by atoms with Crippen molar-refractivity contribution in [1.82, 2.24) is 9.44 Å². The van der Waals surface area contributed by atoms with Gasteiger partial charge in [-0.2, -0.15) is 17.9 Å². The van der Waals surface area contributed by atoms with Gasteiger partial charge in [0.1, 0.15) is 12.4 Å². The lowest BCUT2D eigenvalue weighted by Crippen LogP contribution is -2.41. The summed E-state index contributed by atoms with van der Waals surface area (Å²) in [6.45, 7) is 3.96. The van der Waals surface area contributed by atoms with Gasteiger partial charge in [0.05, 0.1) is 0 Å². The van der Waals surface area contributed by atoms with Gasteiger partial charge in [-0.1, -0.05) is 0 Å². The summed E-state index contributed by atoms with van der Waals surface area (Å²) in [6.07, 6.45) is 0. The third-order valence-corrected chi connectivity index (χ3v) is 3.30. The van der Waals surface area contributed by atoms with Gasteiger partial charge in [-0.25, -0.2) is 0 Å². The number of hydrogen-bond donors (Lipinski definition) is 3. The summed E-state index contributed by atoms with van der Waals surface area (Å²) in [5.41, 5.74) is 6.19. The molecule has 0 saturated carbocycles. The predicted octanol–water partition coefficient (Wildman–Crippen LogP) is 0.480. The van der Waals surface area contributed by atoms with Gasteiger partial charge in [-0.3, -0.25) is 0 Å². The molecular weight excluding hydrogens is 254 g/mol. The molecule has 4 N–H and O–H groups in total. The van der Waals surface area contributed by atoms with Crippen LogP contribution in [-0.2, 0) is 10.2 Å². The number of benzene rings is 1. The zero-order valence-corrected chi connectivity index (χ0v) is 11.3. The molecule has 0 bridgehead atoms. The molecule has 0 spiro atoms. The molecule has 0 aromatic heterocycles. The second-order valence-electron chi connectivity index (χ2n) is 4.09. The molecule has 18 heavy (non-hydrogen) atoms. The van der Waals surface area contributed by atoms with Crippen LogP contribution < -0.4 is 19.9 Å². The molecule has 0 saturated heterocycles. The molecular formula is C11H19N3O3S. The Kier molecular flexibility index (Phi) is 5.39. The molecule has 0 aliphatic rings. The monoisotopic (exact) mass is 273 g/mol. The fourth-order valence-corrected chi connectivity index (χ4v) is 2.32. The van der Waals surface area contributed by atoms with Crippen molar-refractivity contribution >= 4 is 15.9 Å². The van der Waals surface area contributed by atoms with E-state index in [1.807, 2.05) is 0 Å². The standard InChI is InChI=1S/C11H19N3O3S/c1-9(2)14-18(15,16)13-7-8-17-11-5-3-10(12)4-6-11/h3-6,9,13-14H,7-8,12H2,1-2H3. The van der Waals surface area contributed by atoms with Crippen LogP contribution in [0.15, 0.2) is 24.3 Å². The molecule has 0 fully saturated rings. The summed E-state index contributed by atoms with van der Waals surface area (Å²) in [5.74, 6) is 0.653. The lowest BCUT2D eigenvalue weighted by molar-refractivity contribution is 0.322. The van der Waals surface area contributed by atoms with E-state index in [0.29, 0.717) is 11.4 Å². The van der Waals surface area contributed by atoms with Gasteiger partial charge in [-0.15, -0.1) is 0 Å². The maximum atomic E-state index is 11.4. The highest BCUT2D eigenvalue weighted by Gasteiger charge is 2.09. The van der Waals surface area contributed by atoms with Gasteiger partial charge in [-0.05, 0) is 38.1 Å². The van der Waals surface area contributed by atoms with E-state index < -0.39 is 10.2 Å². The van der Waals surface area contributed by atoms with Crippen LogP contribution in [0.3, 0.4) is 0 Å². The van der Waals surface area contributed by atoms with Crippen LogP contribution >= 0.6 is 0 Å². The first-order valence-corrected chi connectivity index (χ1v) is 7.12. The quantitative estimate of drug-likeness (QED) is 0.497. The van der Waals surface area contributed by atoms with Crippen LogP contribution in [0.1, 0.15) is 13.8 Å². The van der Waals surface area contributed by atoms with Crippen molar-refractivity contribution in [2.75, 3.05) is 18.9 Å². The number of hydrogen-bond acceptors (Lipinski definition) is 4. The minimum atomic E-state index is -3.44. The summed E-state index contributed by atoms with van der Waals surface area (Å²) in [5, 5.41) is 0. The average molecular weight is 273 g/mol. The molecule has 0 aliphatic carbocycles. The van der Waals surface area contributed by atoms with Crippen molar-refractivity contribution in [3.63, 3.8) is 0 Å². The molecule has 7 heteroatoms. The highest BCUT2D eigenvalue weighted by Crippen LogP contribution is 2.12. The second-order valence-corrected chi connectivity index (χ2v) is 5.62. The van der Waals surface area contributed by atoms with E-state index in [9.17, 15) is 8.42 Å². The third kappa shape index (κ3) is 5.85. The Morgan fingerprint density at radius 3 is 2.44 bits per heavy atom. The van der Waals surface area contributed by atoms with E-state index in [1.54, 1.807) is 38.1 Å². The van der Waals surface area contributed by atoms with Gasteiger partial charge >= 0.3 is 0 Å². The molecule has 0 heterocycles.